The number of ether oxygens (including phenoxy) is 1. The number of halogens is 3. The maximum Gasteiger partial charge on any atom is 0.404 e. The van der Waals surface area contributed by atoms with Crippen LogP contribution in [0.15, 0.2) is 54.6 Å². The number of hydrogen-bond donors (Lipinski definition) is 2. The van der Waals surface area contributed by atoms with Gasteiger partial charge in [-0.25, -0.2) is 0 Å². The number of benzene rings is 2. The summed E-state index contributed by atoms with van der Waals surface area (Å²) in [6, 6.07) is 15.1. The fourth-order valence-corrected chi connectivity index (χ4v) is 3.69. The fourth-order valence-electron chi connectivity index (χ4n) is 3.69. The number of anilines is 1. The molecule has 9 heteroatoms. The van der Waals surface area contributed by atoms with Gasteiger partial charge in [-0.15, -0.1) is 0 Å². The van der Waals surface area contributed by atoms with E-state index in [-0.39, 0.29) is 31.2 Å². The SMILES string of the molecule is CCNC(=O)COc1ccc(NC(=O)C2(C(F)(F)F)CCN(Cc3ccccc3)C2)cc1. The van der Waals surface area contributed by atoms with Gasteiger partial charge in [-0.3, -0.25) is 14.5 Å². The molecule has 0 bridgehead atoms. The zero-order valence-corrected chi connectivity index (χ0v) is 17.7. The van der Waals surface area contributed by atoms with E-state index in [0.29, 0.717) is 18.8 Å². The summed E-state index contributed by atoms with van der Waals surface area (Å²) in [5, 5.41) is 5.00. The summed E-state index contributed by atoms with van der Waals surface area (Å²) in [5.74, 6) is -0.982. The van der Waals surface area contributed by atoms with Crippen LogP contribution in [0.1, 0.15) is 18.9 Å². The molecule has 0 aromatic heterocycles. The van der Waals surface area contributed by atoms with Gasteiger partial charge < -0.3 is 15.4 Å². The number of carbonyl (C=O) groups is 2. The molecule has 0 aliphatic carbocycles. The number of hydrogen-bond acceptors (Lipinski definition) is 4. The van der Waals surface area contributed by atoms with E-state index in [9.17, 15) is 22.8 Å². The van der Waals surface area contributed by atoms with Crippen LogP contribution in [0.2, 0.25) is 0 Å². The van der Waals surface area contributed by atoms with Crippen LogP contribution in [0, 0.1) is 5.41 Å². The number of amides is 2. The van der Waals surface area contributed by atoms with Crippen molar-refractivity contribution in [3.63, 3.8) is 0 Å². The topological polar surface area (TPSA) is 70.7 Å². The van der Waals surface area contributed by atoms with Crippen LogP contribution in [0.4, 0.5) is 18.9 Å². The molecule has 2 aromatic rings. The van der Waals surface area contributed by atoms with Crippen LogP contribution in [0.5, 0.6) is 5.75 Å². The molecule has 2 aromatic carbocycles. The average molecular weight is 449 g/mol. The standard InChI is InChI=1S/C23H26F3N3O3/c1-2-27-20(30)15-32-19-10-8-18(9-11-19)28-21(31)22(23(24,25)26)12-13-29(16-22)14-17-6-4-3-5-7-17/h3-11H,2,12-16H2,1H3,(H,27,30)(H,28,31). The number of likely N-dealkylation sites (N-methyl/N-ethyl adjacent to an activating group) is 1. The molecule has 6 nitrogen and oxygen atoms in total. The van der Waals surface area contributed by atoms with Crippen molar-refractivity contribution in [3.8, 4) is 5.75 Å². The molecule has 1 heterocycles. The molecule has 2 amide bonds. The number of carbonyl (C=O) groups excluding carboxylic acids is 2. The van der Waals surface area contributed by atoms with Crippen molar-refractivity contribution >= 4 is 17.5 Å². The summed E-state index contributed by atoms with van der Waals surface area (Å²) >= 11 is 0. The van der Waals surface area contributed by atoms with Gasteiger partial charge in [0.15, 0.2) is 12.0 Å². The zero-order chi connectivity index (χ0) is 23.2. The van der Waals surface area contributed by atoms with Crippen LogP contribution >= 0.6 is 0 Å². The van der Waals surface area contributed by atoms with Gasteiger partial charge in [-0.05, 0) is 49.7 Å². The molecule has 1 aliphatic rings. The molecular formula is C23H26F3N3O3. The minimum atomic E-state index is -4.68. The molecule has 1 unspecified atom stereocenters. The molecule has 1 atom stereocenters. The third-order valence-corrected chi connectivity index (χ3v) is 5.43. The van der Waals surface area contributed by atoms with Gasteiger partial charge in [-0.2, -0.15) is 13.2 Å². The van der Waals surface area contributed by atoms with Crippen LogP contribution in [-0.2, 0) is 16.1 Å². The monoisotopic (exact) mass is 449 g/mol. The van der Waals surface area contributed by atoms with Crippen molar-refractivity contribution in [2.45, 2.75) is 26.1 Å². The van der Waals surface area contributed by atoms with Crippen LogP contribution in [0.3, 0.4) is 0 Å². The number of nitrogens with zero attached hydrogens (tertiary/aromatic N) is 1. The van der Waals surface area contributed by atoms with Crippen molar-refractivity contribution in [1.29, 1.82) is 0 Å². The Balaban J connectivity index is 1.65. The first kappa shape index (κ1) is 23.6. The third kappa shape index (κ3) is 5.59. The molecule has 1 aliphatic heterocycles. The Bertz CT molecular complexity index is 920. The maximum atomic E-state index is 14.0. The van der Waals surface area contributed by atoms with Crippen molar-refractivity contribution in [2.24, 2.45) is 5.41 Å². The second-order valence-electron chi connectivity index (χ2n) is 7.75. The van der Waals surface area contributed by atoms with Crippen LogP contribution < -0.4 is 15.4 Å². The second-order valence-corrected chi connectivity index (χ2v) is 7.75. The van der Waals surface area contributed by atoms with Gasteiger partial charge in [0.05, 0.1) is 0 Å². The summed E-state index contributed by atoms with van der Waals surface area (Å²) in [7, 11) is 0. The van der Waals surface area contributed by atoms with Crippen molar-refractivity contribution in [2.75, 3.05) is 31.6 Å². The first-order valence-electron chi connectivity index (χ1n) is 10.4. The quantitative estimate of drug-likeness (QED) is 0.646. The lowest BCUT2D eigenvalue weighted by atomic mass is 9.85. The summed E-state index contributed by atoms with van der Waals surface area (Å²) < 4.78 is 47.4. The van der Waals surface area contributed by atoms with Gasteiger partial charge >= 0.3 is 6.18 Å². The average Bonchev–Trinajstić information content (AvgIpc) is 3.19. The first-order valence-corrected chi connectivity index (χ1v) is 10.4. The summed E-state index contributed by atoms with van der Waals surface area (Å²) in [6.07, 6.45) is -4.99. The minimum Gasteiger partial charge on any atom is -0.484 e. The molecule has 2 N–H and O–H groups in total. The highest BCUT2D eigenvalue weighted by molar-refractivity contribution is 5.96. The first-order chi connectivity index (χ1) is 15.2. The largest absolute Gasteiger partial charge is 0.484 e. The van der Waals surface area contributed by atoms with E-state index in [4.69, 9.17) is 4.74 Å². The van der Waals surface area contributed by atoms with Crippen molar-refractivity contribution in [3.05, 3.63) is 60.2 Å². The lowest BCUT2D eigenvalue weighted by Crippen LogP contribution is -2.49. The molecule has 3 rings (SSSR count). The Morgan fingerprint density at radius 3 is 2.41 bits per heavy atom. The third-order valence-electron chi connectivity index (χ3n) is 5.43. The highest BCUT2D eigenvalue weighted by Gasteiger charge is 2.62. The van der Waals surface area contributed by atoms with E-state index < -0.39 is 24.0 Å². The van der Waals surface area contributed by atoms with Gasteiger partial charge in [0, 0.05) is 25.3 Å². The van der Waals surface area contributed by atoms with E-state index in [0.717, 1.165) is 5.56 Å². The molecule has 172 valence electrons. The van der Waals surface area contributed by atoms with Gasteiger partial charge in [0.2, 0.25) is 5.91 Å². The van der Waals surface area contributed by atoms with E-state index in [2.05, 4.69) is 10.6 Å². The molecular weight excluding hydrogens is 423 g/mol. The fraction of sp³-hybridized carbons (Fsp3) is 0.391. The predicted octanol–water partition coefficient (Wildman–Crippen LogP) is 3.59. The normalized spacial score (nSPS) is 18.9. The summed E-state index contributed by atoms with van der Waals surface area (Å²) in [6.45, 7) is 2.22. The highest BCUT2D eigenvalue weighted by Crippen LogP contribution is 2.46. The number of likely N-dealkylation sites (tertiary alicyclic amines) is 1. The van der Waals surface area contributed by atoms with E-state index in [1.165, 1.54) is 24.3 Å². The van der Waals surface area contributed by atoms with E-state index in [1.807, 2.05) is 30.3 Å². The number of alkyl halides is 3. The molecule has 0 radical (unpaired) electrons. The van der Waals surface area contributed by atoms with Crippen LogP contribution in [0.25, 0.3) is 0 Å². The minimum absolute atomic E-state index is 0.173. The van der Waals surface area contributed by atoms with Crippen molar-refractivity contribution < 1.29 is 27.5 Å². The Hall–Kier alpha value is -3.07. The maximum absolute atomic E-state index is 14.0. The molecule has 32 heavy (non-hydrogen) atoms. The van der Waals surface area contributed by atoms with E-state index in [1.54, 1.807) is 11.8 Å². The Kier molecular flexibility index (Phi) is 7.40. The number of nitrogens with one attached hydrogen (secondary N) is 2. The van der Waals surface area contributed by atoms with Gasteiger partial charge in [0.1, 0.15) is 5.75 Å². The Morgan fingerprint density at radius 2 is 1.78 bits per heavy atom. The molecule has 0 saturated carbocycles. The molecule has 1 saturated heterocycles. The smallest absolute Gasteiger partial charge is 0.404 e. The predicted molar refractivity (Wildman–Crippen MR) is 114 cm³/mol. The van der Waals surface area contributed by atoms with Crippen LogP contribution in [-0.4, -0.2) is 49.1 Å². The zero-order valence-electron chi connectivity index (χ0n) is 17.7. The van der Waals surface area contributed by atoms with Gasteiger partial charge in [0.25, 0.3) is 5.91 Å². The molecule has 0 spiro atoms. The molecule has 1 fully saturated rings. The second kappa shape index (κ2) is 10.0. The summed E-state index contributed by atoms with van der Waals surface area (Å²) in [5.41, 5.74) is -1.35. The Morgan fingerprint density at radius 1 is 1.09 bits per heavy atom. The lowest BCUT2D eigenvalue weighted by Gasteiger charge is -2.30. The van der Waals surface area contributed by atoms with Crippen molar-refractivity contribution in [1.82, 2.24) is 10.2 Å². The Labute approximate surface area is 184 Å². The lowest BCUT2D eigenvalue weighted by molar-refractivity contribution is -0.215. The number of rotatable bonds is 8. The highest BCUT2D eigenvalue weighted by atomic mass is 19.4. The summed E-state index contributed by atoms with van der Waals surface area (Å²) in [4.78, 5) is 25.9. The van der Waals surface area contributed by atoms with Gasteiger partial charge in [-0.1, -0.05) is 30.3 Å². The van der Waals surface area contributed by atoms with E-state index >= 15 is 0 Å².